The van der Waals surface area contributed by atoms with Gasteiger partial charge in [0.25, 0.3) is 0 Å². The molecular weight excluding hydrogens is 213 g/mol. The number of hydrogen-bond donors (Lipinski definition) is 1. The Morgan fingerprint density at radius 2 is 1.94 bits per heavy atom. The number of rotatable bonds is 4. The Hall–Kier alpha value is -0.890. The highest BCUT2D eigenvalue weighted by molar-refractivity contribution is 5.17. The Balaban J connectivity index is 2.53. The maximum atomic E-state index is 13.0. The van der Waals surface area contributed by atoms with Crippen LogP contribution in [0.3, 0.4) is 0 Å². The van der Waals surface area contributed by atoms with Crippen LogP contribution < -0.4 is 5.73 Å². The largest absolute Gasteiger partial charge is 0.327 e. The minimum absolute atomic E-state index is 0.103. The van der Waals surface area contributed by atoms with E-state index in [-0.39, 0.29) is 17.3 Å². The van der Waals surface area contributed by atoms with Gasteiger partial charge < -0.3 is 5.73 Å². The van der Waals surface area contributed by atoms with Crippen molar-refractivity contribution in [2.45, 2.75) is 46.6 Å². The van der Waals surface area contributed by atoms with E-state index in [0.29, 0.717) is 5.92 Å². The molecule has 0 saturated heterocycles. The molecule has 1 aromatic carbocycles. The Morgan fingerprint density at radius 1 is 1.29 bits per heavy atom. The molecule has 0 heterocycles. The SMILES string of the molecule is CC(CC(N)Cc1cccc(F)c1)C(C)(C)C. The van der Waals surface area contributed by atoms with Crippen molar-refractivity contribution >= 4 is 0 Å². The minimum atomic E-state index is -0.182. The molecule has 0 aliphatic heterocycles. The first-order chi connectivity index (χ1) is 7.79. The minimum Gasteiger partial charge on any atom is -0.327 e. The van der Waals surface area contributed by atoms with E-state index in [4.69, 9.17) is 5.73 Å². The van der Waals surface area contributed by atoms with Crippen molar-refractivity contribution < 1.29 is 4.39 Å². The van der Waals surface area contributed by atoms with Gasteiger partial charge in [-0.3, -0.25) is 0 Å². The van der Waals surface area contributed by atoms with Gasteiger partial charge >= 0.3 is 0 Å². The van der Waals surface area contributed by atoms with E-state index in [1.54, 1.807) is 12.1 Å². The second-order valence-corrected chi connectivity index (χ2v) is 6.10. The molecule has 0 amide bonds. The Bertz CT molecular complexity index is 354. The first-order valence-corrected chi connectivity index (χ1v) is 6.29. The Morgan fingerprint density at radius 3 is 2.47 bits per heavy atom. The monoisotopic (exact) mass is 237 g/mol. The summed E-state index contributed by atoms with van der Waals surface area (Å²) in [6.45, 7) is 8.91. The quantitative estimate of drug-likeness (QED) is 0.847. The summed E-state index contributed by atoms with van der Waals surface area (Å²) in [5.41, 5.74) is 7.39. The lowest BCUT2D eigenvalue weighted by atomic mass is 9.78. The Kier molecular flexibility index (Phi) is 4.70. The maximum Gasteiger partial charge on any atom is 0.123 e. The summed E-state index contributed by atoms with van der Waals surface area (Å²) in [5.74, 6) is 0.379. The van der Waals surface area contributed by atoms with Crippen LogP contribution in [-0.2, 0) is 6.42 Å². The molecule has 2 N–H and O–H groups in total. The van der Waals surface area contributed by atoms with Crippen LogP contribution in [0.2, 0.25) is 0 Å². The van der Waals surface area contributed by atoms with Crippen LogP contribution in [0.25, 0.3) is 0 Å². The highest BCUT2D eigenvalue weighted by Crippen LogP contribution is 2.29. The first-order valence-electron chi connectivity index (χ1n) is 6.29. The van der Waals surface area contributed by atoms with Crippen LogP contribution in [0, 0.1) is 17.2 Å². The van der Waals surface area contributed by atoms with E-state index < -0.39 is 0 Å². The molecule has 17 heavy (non-hydrogen) atoms. The van der Waals surface area contributed by atoms with E-state index in [2.05, 4.69) is 27.7 Å². The zero-order valence-corrected chi connectivity index (χ0v) is 11.3. The molecule has 0 bridgehead atoms. The molecule has 1 rings (SSSR count). The van der Waals surface area contributed by atoms with Gasteiger partial charge in [-0.05, 0) is 41.9 Å². The van der Waals surface area contributed by atoms with Crippen molar-refractivity contribution in [3.05, 3.63) is 35.6 Å². The molecule has 0 aliphatic carbocycles. The molecule has 0 aliphatic rings. The van der Waals surface area contributed by atoms with Crippen molar-refractivity contribution in [2.24, 2.45) is 17.1 Å². The van der Waals surface area contributed by atoms with Gasteiger partial charge in [0.1, 0.15) is 5.82 Å². The van der Waals surface area contributed by atoms with E-state index in [1.165, 1.54) is 6.07 Å². The van der Waals surface area contributed by atoms with E-state index in [1.807, 2.05) is 6.07 Å². The highest BCUT2D eigenvalue weighted by Gasteiger charge is 2.22. The molecule has 0 spiro atoms. The molecule has 1 aromatic rings. The van der Waals surface area contributed by atoms with Crippen LogP contribution in [0.4, 0.5) is 4.39 Å². The standard InChI is InChI=1S/C15H24FN/c1-11(15(2,3)4)8-14(17)10-12-6-5-7-13(16)9-12/h5-7,9,11,14H,8,10,17H2,1-4H3. The molecular formula is C15H24FN. The third-order valence-corrected chi connectivity index (χ3v) is 3.52. The summed E-state index contributed by atoms with van der Waals surface area (Å²) in [6.07, 6.45) is 1.72. The maximum absolute atomic E-state index is 13.0. The van der Waals surface area contributed by atoms with Gasteiger partial charge in [-0.1, -0.05) is 39.8 Å². The molecule has 0 radical (unpaired) electrons. The third-order valence-electron chi connectivity index (χ3n) is 3.52. The lowest BCUT2D eigenvalue weighted by Gasteiger charge is -2.29. The van der Waals surface area contributed by atoms with Crippen LogP contribution in [-0.4, -0.2) is 6.04 Å². The molecule has 1 nitrogen and oxygen atoms in total. The summed E-state index contributed by atoms with van der Waals surface area (Å²) in [7, 11) is 0. The zero-order valence-electron chi connectivity index (χ0n) is 11.3. The van der Waals surface area contributed by atoms with Gasteiger partial charge in [0.15, 0.2) is 0 Å². The van der Waals surface area contributed by atoms with Gasteiger partial charge in [-0.2, -0.15) is 0 Å². The van der Waals surface area contributed by atoms with Gasteiger partial charge in [0.2, 0.25) is 0 Å². The van der Waals surface area contributed by atoms with Crippen LogP contribution in [0.1, 0.15) is 39.7 Å². The number of halogens is 1. The molecule has 0 aromatic heterocycles. The molecule has 2 atom stereocenters. The number of nitrogens with two attached hydrogens (primary N) is 1. The average molecular weight is 237 g/mol. The molecule has 2 unspecified atom stereocenters. The van der Waals surface area contributed by atoms with Gasteiger partial charge in [0.05, 0.1) is 0 Å². The summed E-state index contributed by atoms with van der Waals surface area (Å²) in [4.78, 5) is 0. The second kappa shape index (κ2) is 5.63. The topological polar surface area (TPSA) is 26.0 Å². The van der Waals surface area contributed by atoms with Crippen LogP contribution >= 0.6 is 0 Å². The van der Waals surface area contributed by atoms with Crippen molar-refractivity contribution in [3.8, 4) is 0 Å². The van der Waals surface area contributed by atoms with Crippen molar-refractivity contribution in [1.82, 2.24) is 0 Å². The van der Waals surface area contributed by atoms with E-state index in [0.717, 1.165) is 18.4 Å². The lowest BCUT2D eigenvalue weighted by Crippen LogP contribution is -2.30. The average Bonchev–Trinajstić information content (AvgIpc) is 2.15. The van der Waals surface area contributed by atoms with Gasteiger partial charge in [-0.25, -0.2) is 4.39 Å². The van der Waals surface area contributed by atoms with Gasteiger partial charge in [0, 0.05) is 6.04 Å². The summed E-state index contributed by atoms with van der Waals surface area (Å²) in [5, 5.41) is 0. The molecule has 0 fully saturated rings. The number of benzene rings is 1. The highest BCUT2D eigenvalue weighted by atomic mass is 19.1. The van der Waals surface area contributed by atoms with Gasteiger partial charge in [-0.15, -0.1) is 0 Å². The fourth-order valence-electron chi connectivity index (χ4n) is 1.86. The van der Waals surface area contributed by atoms with E-state index >= 15 is 0 Å². The predicted octanol–water partition coefficient (Wildman–Crippen LogP) is 3.77. The van der Waals surface area contributed by atoms with Crippen molar-refractivity contribution in [1.29, 1.82) is 0 Å². The Labute approximate surface area is 104 Å². The molecule has 96 valence electrons. The summed E-state index contributed by atoms with van der Waals surface area (Å²) >= 11 is 0. The molecule has 0 saturated carbocycles. The van der Waals surface area contributed by atoms with Crippen molar-refractivity contribution in [3.63, 3.8) is 0 Å². The smallest absolute Gasteiger partial charge is 0.123 e. The van der Waals surface area contributed by atoms with Crippen molar-refractivity contribution in [2.75, 3.05) is 0 Å². The predicted molar refractivity (Wildman–Crippen MR) is 71.3 cm³/mol. The fraction of sp³-hybridized carbons (Fsp3) is 0.600. The molecule has 2 heteroatoms. The summed E-state index contributed by atoms with van der Waals surface area (Å²) < 4.78 is 13.0. The third kappa shape index (κ3) is 4.86. The van der Waals surface area contributed by atoms with E-state index in [9.17, 15) is 4.39 Å². The fourth-order valence-corrected chi connectivity index (χ4v) is 1.86. The second-order valence-electron chi connectivity index (χ2n) is 6.10. The number of hydrogen-bond acceptors (Lipinski definition) is 1. The normalized spacial score (nSPS) is 15.6. The van der Waals surface area contributed by atoms with Crippen LogP contribution in [0.5, 0.6) is 0 Å². The van der Waals surface area contributed by atoms with Crippen LogP contribution in [0.15, 0.2) is 24.3 Å². The lowest BCUT2D eigenvalue weighted by molar-refractivity contribution is 0.233. The zero-order chi connectivity index (χ0) is 13.1. The first kappa shape index (κ1) is 14.2. The summed E-state index contributed by atoms with van der Waals surface area (Å²) in [6, 6.07) is 6.81.